The third-order valence-electron chi connectivity index (χ3n) is 1.76. The summed E-state index contributed by atoms with van der Waals surface area (Å²) in [6.07, 6.45) is 1.58. The largest absolute Gasteiger partial charge is 0.480 e. The molecule has 1 rings (SSSR count). The zero-order valence-electron chi connectivity index (χ0n) is 8.00. The minimum atomic E-state index is -0.938. The van der Waals surface area contributed by atoms with Crippen LogP contribution in [0.1, 0.15) is 18.7 Å². The third-order valence-corrected chi connectivity index (χ3v) is 2.83. The standard InChI is InChI=1S/C9H10Br2N2O2/c1-2-12-8(9(14)15)7-6(11)3-5(10)4-13-7/h3-4,8,12H,2H2,1H3,(H,14,15). The zero-order chi connectivity index (χ0) is 11.4. The van der Waals surface area contributed by atoms with E-state index in [1.807, 2.05) is 6.92 Å². The second kappa shape index (κ2) is 5.58. The molecule has 1 heterocycles. The van der Waals surface area contributed by atoms with Crippen LogP contribution in [-0.4, -0.2) is 22.6 Å². The van der Waals surface area contributed by atoms with E-state index in [1.54, 1.807) is 12.3 Å². The van der Waals surface area contributed by atoms with E-state index in [0.717, 1.165) is 4.47 Å². The smallest absolute Gasteiger partial charge is 0.327 e. The lowest BCUT2D eigenvalue weighted by Gasteiger charge is -2.13. The fraction of sp³-hybridized carbons (Fsp3) is 0.333. The Balaban J connectivity index is 3.05. The lowest BCUT2D eigenvalue weighted by Crippen LogP contribution is -2.29. The van der Waals surface area contributed by atoms with E-state index in [9.17, 15) is 4.79 Å². The molecule has 0 spiro atoms. The van der Waals surface area contributed by atoms with E-state index >= 15 is 0 Å². The molecule has 0 saturated heterocycles. The van der Waals surface area contributed by atoms with Gasteiger partial charge in [0.15, 0.2) is 0 Å². The van der Waals surface area contributed by atoms with Crippen molar-refractivity contribution < 1.29 is 9.90 Å². The highest BCUT2D eigenvalue weighted by Gasteiger charge is 2.22. The van der Waals surface area contributed by atoms with Crippen LogP contribution in [0.5, 0.6) is 0 Å². The van der Waals surface area contributed by atoms with E-state index in [0.29, 0.717) is 16.7 Å². The molecular formula is C9H10Br2N2O2. The van der Waals surface area contributed by atoms with Gasteiger partial charge in [0.2, 0.25) is 0 Å². The van der Waals surface area contributed by atoms with Gasteiger partial charge in [-0.2, -0.15) is 0 Å². The fourth-order valence-electron chi connectivity index (χ4n) is 1.14. The van der Waals surface area contributed by atoms with Gasteiger partial charge in [-0.25, -0.2) is 0 Å². The minimum Gasteiger partial charge on any atom is -0.480 e. The van der Waals surface area contributed by atoms with Crippen LogP contribution >= 0.6 is 31.9 Å². The number of carbonyl (C=O) groups is 1. The van der Waals surface area contributed by atoms with Crippen molar-refractivity contribution in [2.75, 3.05) is 6.54 Å². The minimum absolute atomic E-state index is 0.479. The van der Waals surface area contributed by atoms with Gasteiger partial charge in [-0.15, -0.1) is 0 Å². The molecule has 1 aromatic heterocycles. The van der Waals surface area contributed by atoms with Crippen LogP contribution in [0.2, 0.25) is 0 Å². The maximum absolute atomic E-state index is 11.0. The van der Waals surface area contributed by atoms with E-state index in [2.05, 4.69) is 42.2 Å². The Morgan fingerprint density at radius 1 is 1.67 bits per heavy atom. The Kier molecular flexibility index (Phi) is 4.69. The number of nitrogens with one attached hydrogen (secondary N) is 1. The first-order valence-corrected chi connectivity index (χ1v) is 5.92. The highest BCUT2D eigenvalue weighted by Crippen LogP contribution is 2.24. The first-order valence-electron chi connectivity index (χ1n) is 4.33. The van der Waals surface area contributed by atoms with Gasteiger partial charge in [0.05, 0.1) is 5.69 Å². The van der Waals surface area contributed by atoms with Crippen LogP contribution in [0.25, 0.3) is 0 Å². The molecule has 15 heavy (non-hydrogen) atoms. The van der Waals surface area contributed by atoms with Crippen LogP contribution < -0.4 is 5.32 Å². The van der Waals surface area contributed by atoms with Gasteiger partial charge in [-0.3, -0.25) is 15.1 Å². The summed E-state index contributed by atoms with van der Waals surface area (Å²) in [5.74, 6) is -0.938. The van der Waals surface area contributed by atoms with Crippen molar-refractivity contribution in [3.8, 4) is 0 Å². The molecule has 82 valence electrons. The molecule has 6 heteroatoms. The number of aromatic nitrogens is 1. The molecule has 0 radical (unpaired) electrons. The zero-order valence-corrected chi connectivity index (χ0v) is 11.2. The monoisotopic (exact) mass is 336 g/mol. The van der Waals surface area contributed by atoms with Gasteiger partial charge in [0, 0.05) is 15.1 Å². The Morgan fingerprint density at radius 3 is 2.80 bits per heavy atom. The first kappa shape index (κ1) is 12.6. The molecule has 1 unspecified atom stereocenters. The number of rotatable bonds is 4. The summed E-state index contributed by atoms with van der Waals surface area (Å²) < 4.78 is 1.48. The quantitative estimate of drug-likeness (QED) is 0.885. The van der Waals surface area contributed by atoms with Crippen LogP contribution in [0.15, 0.2) is 21.2 Å². The van der Waals surface area contributed by atoms with E-state index in [-0.39, 0.29) is 0 Å². The molecular weight excluding hydrogens is 328 g/mol. The predicted molar refractivity (Wildman–Crippen MR) is 63.7 cm³/mol. The second-order valence-corrected chi connectivity index (χ2v) is 4.62. The molecule has 1 aromatic rings. The van der Waals surface area contributed by atoms with Gasteiger partial charge < -0.3 is 5.11 Å². The van der Waals surface area contributed by atoms with Crippen LogP contribution in [0.3, 0.4) is 0 Å². The Morgan fingerprint density at radius 2 is 2.33 bits per heavy atom. The lowest BCUT2D eigenvalue weighted by atomic mass is 10.2. The summed E-state index contributed by atoms with van der Waals surface area (Å²) in [4.78, 5) is 15.1. The van der Waals surface area contributed by atoms with Crippen LogP contribution in [-0.2, 0) is 4.79 Å². The van der Waals surface area contributed by atoms with Gasteiger partial charge in [-0.1, -0.05) is 6.92 Å². The third kappa shape index (κ3) is 3.25. The number of hydrogen-bond acceptors (Lipinski definition) is 3. The second-order valence-electron chi connectivity index (χ2n) is 2.85. The van der Waals surface area contributed by atoms with Gasteiger partial charge >= 0.3 is 5.97 Å². The molecule has 0 bridgehead atoms. The lowest BCUT2D eigenvalue weighted by molar-refractivity contribution is -0.139. The van der Waals surface area contributed by atoms with Gasteiger partial charge in [-0.05, 0) is 44.5 Å². The number of aliphatic carboxylic acids is 1. The highest BCUT2D eigenvalue weighted by molar-refractivity contribution is 9.11. The maximum atomic E-state index is 11.0. The van der Waals surface area contributed by atoms with E-state index in [4.69, 9.17) is 5.11 Å². The number of likely N-dealkylation sites (N-methyl/N-ethyl adjacent to an activating group) is 1. The molecule has 0 amide bonds. The van der Waals surface area contributed by atoms with Crippen molar-refractivity contribution >= 4 is 37.8 Å². The molecule has 4 nitrogen and oxygen atoms in total. The number of carboxylic acid groups (broad SMARTS) is 1. The average Bonchev–Trinajstić information content (AvgIpc) is 2.15. The average molecular weight is 338 g/mol. The van der Waals surface area contributed by atoms with Crippen molar-refractivity contribution in [1.29, 1.82) is 0 Å². The molecule has 0 aromatic carbocycles. The molecule has 0 aliphatic heterocycles. The number of halogens is 2. The van der Waals surface area contributed by atoms with E-state index < -0.39 is 12.0 Å². The van der Waals surface area contributed by atoms with Gasteiger partial charge in [0.1, 0.15) is 6.04 Å². The SMILES string of the molecule is CCNC(C(=O)O)c1ncc(Br)cc1Br. The summed E-state index contributed by atoms with van der Waals surface area (Å²) in [7, 11) is 0. The predicted octanol–water partition coefficient (Wildman–Crippen LogP) is 2.34. The summed E-state index contributed by atoms with van der Waals surface area (Å²) in [5, 5.41) is 11.9. The maximum Gasteiger partial charge on any atom is 0.327 e. The van der Waals surface area contributed by atoms with Crippen molar-refractivity contribution in [1.82, 2.24) is 10.3 Å². The Hall–Kier alpha value is -0.460. The first-order chi connectivity index (χ1) is 7.06. The number of nitrogens with zero attached hydrogens (tertiary/aromatic N) is 1. The highest BCUT2D eigenvalue weighted by atomic mass is 79.9. The van der Waals surface area contributed by atoms with Crippen LogP contribution in [0.4, 0.5) is 0 Å². The number of carboxylic acids is 1. The van der Waals surface area contributed by atoms with Crippen molar-refractivity contribution in [3.05, 3.63) is 26.9 Å². The molecule has 2 N–H and O–H groups in total. The van der Waals surface area contributed by atoms with Crippen molar-refractivity contribution in [3.63, 3.8) is 0 Å². The molecule has 0 saturated carbocycles. The molecule has 1 atom stereocenters. The molecule has 0 aliphatic rings. The summed E-state index contributed by atoms with van der Waals surface area (Å²) in [6.45, 7) is 2.42. The number of hydrogen-bond donors (Lipinski definition) is 2. The number of pyridine rings is 1. The van der Waals surface area contributed by atoms with Crippen molar-refractivity contribution in [2.24, 2.45) is 0 Å². The Labute approximate surface area is 104 Å². The summed E-state index contributed by atoms with van der Waals surface area (Å²) in [6, 6.07) is 0.993. The topological polar surface area (TPSA) is 62.2 Å². The summed E-state index contributed by atoms with van der Waals surface area (Å²) in [5.41, 5.74) is 0.479. The Bertz CT molecular complexity index is 371. The normalized spacial score (nSPS) is 12.5. The van der Waals surface area contributed by atoms with Crippen LogP contribution in [0, 0.1) is 0 Å². The molecule has 0 aliphatic carbocycles. The van der Waals surface area contributed by atoms with Crippen molar-refractivity contribution in [2.45, 2.75) is 13.0 Å². The van der Waals surface area contributed by atoms with E-state index in [1.165, 1.54) is 0 Å². The summed E-state index contributed by atoms with van der Waals surface area (Å²) >= 11 is 6.55. The fourth-order valence-corrected chi connectivity index (χ4v) is 2.36. The van der Waals surface area contributed by atoms with Gasteiger partial charge in [0.25, 0.3) is 0 Å². The molecule has 0 fully saturated rings.